The third-order valence-corrected chi connectivity index (χ3v) is 4.90. The molecule has 4 heterocycles. The van der Waals surface area contributed by atoms with Gasteiger partial charge in [-0.25, -0.2) is 9.50 Å². The van der Waals surface area contributed by atoms with Crippen molar-refractivity contribution in [1.29, 1.82) is 0 Å². The first-order valence-electron chi connectivity index (χ1n) is 8.11. The molecule has 25 heavy (non-hydrogen) atoms. The summed E-state index contributed by atoms with van der Waals surface area (Å²) in [7, 11) is 0. The summed E-state index contributed by atoms with van der Waals surface area (Å²) >= 11 is 6.55. The summed E-state index contributed by atoms with van der Waals surface area (Å²) in [5.41, 5.74) is 3.46. The Morgan fingerprint density at radius 3 is 3.04 bits per heavy atom. The lowest BCUT2D eigenvalue weighted by Crippen LogP contribution is -2.13. The number of carbonyl (C=O) groups excluding carboxylic acids is 1. The topological polar surface area (TPSA) is 75.1 Å². The maximum atomic E-state index is 11.9. The summed E-state index contributed by atoms with van der Waals surface area (Å²) in [5.74, 6) is 0.770. The van der Waals surface area contributed by atoms with E-state index in [4.69, 9.17) is 11.6 Å². The fourth-order valence-electron chi connectivity index (χ4n) is 2.97. The van der Waals surface area contributed by atoms with Crippen LogP contribution in [0.4, 0.5) is 5.82 Å². The zero-order valence-corrected chi connectivity index (χ0v) is 13.9. The van der Waals surface area contributed by atoms with Gasteiger partial charge in [0.25, 0.3) is 0 Å². The van der Waals surface area contributed by atoms with Gasteiger partial charge in [-0.2, -0.15) is 5.10 Å². The van der Waals surface area contributed by atoms with Crippen LogP contribution >= 0.6 is 11.6 Å². The molecule has 0 bridgehead atoms. The molecular formula is C18H14ClN5O. The largest absolute Gasteiger partial charge is 0.346 e. The predicted molar refractivity (Wildman–Crippen MR) is 96.6 cm³/mol. The molecule has 7 heteroatoms. The van der Waals surface area contributed by atoms with Crippen molar-refractivity contribution in [3.8, 4) is 11.1 Å². The molecule has 5 rings (SSSR count). The average molecular weight is 352 g/mol. The maximum absolute atomic E-state index is 11.9. The number of pyridine rings is 2. The van der Waals surface area contributed by atoms with Gasteiger partial charge in [0, 0.05) is 41.5 Å². The van der Waals surface area contributed by atoms with Gasteiger partial charge in [0.2, 0.25) is 5.91 Å². The van der Waals surface area contributed by atoms with Gasteiger partial charge in [0.05, 0.1) is 10.5 Å². The first kappa shape index (κ1) is 14.5. The van der Waals surface area contributed by atoms with Crippen LogP contribution in [-0.4, -0.2) is 25.5 Å². The monoisotopic (exact) mass is 351 g/mol. The van der Waals surface area contributed by atoms with Crippen molar-refractivity contribution in [3.05, 3.63) is 47.9 Å². The van der Waals surface area contributed by atoms with Crippen molar-refractivity contribution in [2.45, 2.75) is 12.8 Å². The number of aromatic amines is 1. The number of amides is 1. The number of carbonyl (C=O) groups is 1. The molecule has 0 spiro atoms. The molecule has 0 unspecified atom stereocenters. The van der Waals surface area contributed by atoms with E-state index in [-0.39, 0.29) is 11.8 Å². The van der Waals surface area contributed by atoms with Gasteiger partial charge in [0.15, 0.2) is 5.82 Å². The van der Waals surface area contributed by atoms with Gasteiger partial charge in [-0.05, 0) is 36.6 Å². The second kappa shape index (κ2) is 5.32. The standard InChI is InChI=1S/C18H14ClN5O/c19-16-13-3-5-20-17(13)21-9-14(16)11-4-6-24-12(7-11)8-15(23-24)22-18(25)10-1-2-10/h3-10H,1-2H2,(H,20,21)(H,22,23,25). The third kappa shape index (κ3) is 2.46. The van der Waals surface area contributed by atoms with Gasteiger partial charge in [-0.1, -0.05) is 11.6 Å². The summed E-state index contributed by atoms with van der Waals surface area (Å²) in [6.07, 6.45) is 7.38. The minimum absolute atomic E-state index is 0.0498. The number of anilines is 1. The minimum atomic E-state index is 0.0498. The number of hydrogen-bond donors (Lipinski definition) is 2. The number of aromatic nitrogens is 4. The number of halogens is 1. The van der Waals surface area contributed by atoms with E-state index in [1.54, 1.807) is 10.7 Å². The van der Waals surface area contributed by atoms with E-state index in [1.807, 2.05) is 36.7 Å². The summed E-state index contributed by atoms with van der Waals surface area (Å²) < 4.78 is 1.74. The molecule has 6 nitrogen and oxygen atoms in total. The highest BCUT2D eigenvalue weighted by molar-refractivity contribution is 6.38. The lowest BCUT2D eigenvalue weighted by molar-refractivity contribution is -0.117. The first-order valence-corrected chi connectivity index (χ1v) is 8.49. The summed E-state index contributed by atoms with van der Waals surface area (Å²) in [5, 5.41) is 8.82. The average Bonchev–Trinajstić information content (AvgIpc) is 3.21. The second-order valence-electron chi connectivity index (χ2n) is 6.30. The molecule has 0 saturated heterocycles. The Morgan fingerprint density at radius 2 is 2.20 bits per heavy atom. The number of fused-ring (bicyclic) bond motifs is 2. The van der Waals surface area contributed by atoms with Crippen LogP contribution in [0.1, 0.15) is 12.8 Å². The molecule has 124 valence electrons. The quantitative estimate of drug-likeness (QED) is 0.588. The molecule has 1 aliphatic carbocycles. The van der Waals surface area contributed by atoms with E-state index in [1.165, 1.54) is 0 Å². The highest BCUT2D eigenvalue weighted by Gasteiger charge is 2.30. The Labute approximate surface area is 147 Å². The van der Waals surface area contributed by atoms with E-state index in [0.29, 0.717) is 10.8 Å². The highest BCUT2D eigenvalue weighted by atomic mass is 35.5. The van der Waals surface area contributed by atoms with Crippen LogP contribution in [-0.2, 0) is 4.79 Å². The third-order valence-electron chi connectivity index (χ3n) is 4.49. The van der Waals surface area contributed by atoms with Crippen LogP contribution < -0.4 is 5.32 Å². The molecule has 2 N–H and O–H groups in total. The summed E-state index contributed by atoms with van der Waals surface area (Å²) in [6.45, 7) is 0. The second-order valence-corrected chi connectivity index (χ2v) is 6.68. The minimum Gasteiger partial charge on any atom is -0.346 e. The molecule has 1 aliphatic rings. The lowest BCUT2D eigenvalue weighted by atomic mass is 10.1. The molecule has 0 aromatic carbocycles. The Kier molecular flexibility index (Phi) is 3.08. The molecule has 1 fully saturated rings. The van der Waals surface area contributed by atoms with Gasteiger partial charge < -0.3 is 10.3 Å². The van der Waals surface area contributed by atoms with Crippen molar-refractivity contribution < 1.29 is 4.79 Å². The zero-order chi connectivity index (χ0) is 17.0. The lowest BCUT2D eigenvalue weighted by Gasteiger charge is -2.05. The SMILES string of the molecule is O=C(Nc1cc2cc(-c3cnc4[nH]ccc4c3Cl)ccn2n1)C1CC1. The van der Waals surface area contributed by atoms with E-state index in [2.05, 4.69) is 20.4 Å². The smallest absolute Gasteiger partial charge is 0.228 e. The maximum Gasteiger partial charge on any atom is 0.228 e. The van der Waals surface area contributed by atoms with Crippen molar-refractivity contribution in [2.24, 2.45) is 5.92 Å². The Morgan fingerprint density at radius 1 is 1.32 bits per heavy atom. The van der Waals surface area contributed by atoms with E-state index >= 15 is 0 Å². The van der Waals surface area contributed by atoms with Gasteiger partial charge in [-0.3, -0.25) is 4.79 Å². The van der Waals surface area contributed by atoms with Crippen LogP contribution in [0.25, 0.3) is 27.7 Å². The normalized spacial score (nSPS) is 14.3. The van der Waals surface area contributed by atoms with Crippen LogP contribution in [0, 0.1) is 5.92 Å². The van der Waals surface area contributed by atoms with Crippen molar-refractivity contribution in [1.82, 2.24) is 19.6 Å². The number of rotatable bonds is 3. The van der Waals surface area contributed by atoms with Crippen LogP contribution in [0.5, 0.6) is 0 Å². The molecular weight excluding hydrogens is 338 g/mol. The molecule has 1 amide bonds. The van der Waals surface area contributed by atoms with E-state index < -0.39 is 0 Å². The molecule has 0 atom stereocenters. The molecule has 1 saturated carbocycles. The Balaban J connectivity index is 1.54. The Bertz CT molecular complexity index is 1130. The predicted octanol–water partition coefficient (Wildman–Crippen LogP) is 3.88. The molecule has 4 aromatic rings. The number of nitrogens with zero attached hydrogens (tertiary/aromatic N) is 3. The number of H-pyrrole nitrogens is 1. The first-order chi connectivity index (χ1) is 12.2. The van der Waals surface area contributed by atoms with Crippen LogP contribution in [0.15, 0.2) is 42.9 Å². The van der Waals surface area contributed by atoms with Crippen molar-refractivity contribution >= 4 is 39.9 Å². The van der Waals surface area contributed by atoms with E-state index in [9.17, 15) is 4.79 Å². The Hall–Kier alpha value is -2.86. The number of hydrogen-bond acceptors (Lipinski definition) is 3. The summed E-state index contributed by atoms with van der Waals surface area (Å²) in [6, 6.07) is 7.70. The van der Waals surface area contributed by atoms with Crippen LogP contribution in [0.2, 0.25) is 5.02 Å². The van der Waals surface area contributed by atoms with Crippen molar-refractivity contribution in [2.75, 3.05) is 5.32 Å². The zero-order valence-electron chi connectivity index (χ0n) is 13.2. The molecule has 4 aromatic heterocycles. The van der Waals surface area contributed by atoms with Gasteiger partial charge in [0.1, 0.15) is 5.65 Å². The van der Waals surface area contributed by atoms with Crippen LogP contribution in [0.3, 0.4) is 0 Å². The van der Waals surface area contributed by atoms with Gasteiger partial charge in [-0.15, -0.1) is 0 Å². The molecule has 0 radical (unpaired) electrons. The fourth-order valence-corrected chi connectivity index (χ4v) is 3.28. The van der Waals surface area contributed by atoms with E-state index in [0.717, 1.165) is 40.5 Å². The fraction of sp³-hybridized carbons (Fsp3) is 0.167. The number of nitrogens with one attached hydrogen (secondary N) is 2. The summed E-state index contributed by atoms with van der Waals surface area (Å²) in [4.78, 5) is 19.4. The highest BCUT2D eigenvalue weighted by Crippen LogP contribution is 2.34. The van der Waals surface area contributed by atoms with Gasteiger partial charge >= 0.3 is 0 Å². The van der Waals surface area contributed by atoms with Crippen molar-refractivity contribution in [3.63, 3.8) is 0 Å². The molecule has 0 aliphatic heterocycles.